The quantitative estimate of drug-likeness (QED) is 0.792. The zero-order valence-corrected chi connectivity index (χ0v) is 16.2. The van der Waals surface area contributed by atoms with Gasteiger partial charge in [-0.05, 0) is 25.0 Å². The van der Waals surface area contributed by atoms with Crippen LogP contribution in [0.2, 0.25) is 0 Å². The van der Waals surface area contributed by atoms with E-state index in [4.69, 9.17) is 9.47 Å². The highest BCUT2D eigenvalue weighted by Crippen LogP contribution is 2.27. The lowest BCUT2D eigenvalue weighted by atomic mass is 10.0. The number of ether oxygens (including phenoxy) is 2. The van der Waals surface area contributed by atoms with E-state index in [-0.39, 0.29) is 31.4 Å². The van der Waals surface area contributed by atoms with Gasteiger partial charge in [0, 0.05) is 38.9 Å². The number of methoxy groups -OCH3 is 1. The molecule has 1 aliphatic heterocycles. The molecule has 1 heterocycles. The van der Waals surface area contributed by atoms with Crippen molar-refractivity contribution in [2.45, 2.75) is 37.3 Å². The molecular formula is C20H28F2N2O4. The standard InChI is InChI=1S/C20H28F2N2O4/c1-27-11-19(25)24-9-8-23(15-4-2-3-5-15)12-20(26,13-24)14-28-16-6-7-17(21)18(22)10-16/h6-7,10,15,26H,2-5,8-9,11-14H2,1H3/t20-/m1/s1. The number of amides is 1. The fourth-order valence-electron chi connectivity index (χ4n) is 4.07. The van der Waals surface area contributed by atoms with Gasteiger partial charge in [-0.2, -0.15) is 0 Å². The molecule has 0 aromatic heterocycles. The zero-order chi connectivity index (χ0) is 20.1. The number of rotatable bonds is 6. The number of hydrogen-bond acceptors (Lipinski definition) is 5. The molecule has 1 amide bonds. The van der Waals surface area contributed by atoms with Crippen molar-refractivity contribution in [2.24, 2.45) is 0 Å². The highest BCUT2D eigenvalue weighted by molar-refractivity contribution is 5.77. The van der Waals surface area contributed by atoms with Crippen molar-refractivity contribution in [1.29, 1.82) is 0 Å². The Bertz CT molecular complexity index is 684. The summed E-state index contributed by atoms with van der Waals surface area (Å²) < 4.78 is 37.1. The van der Waals surface area contributed by atoms with E-state index in [2.05, 4.69) is 4.90 Å². The average Bonchev–Trinajstić information content (AvgIpc) is 3.14. The minimum atomic E-state index is -1.33. The lowest BCUT2D eigenvalue weighted by Gasteiger charge is -2.35. The Balaban J connectivity index is 1.73. The predicted octanol–water partition coefficient (Wildman–Crippen LogP) is 1.81. The van der Waals surface area contributed by atoms with E-state index in [9.17, 15) is 18.7 Å². The molecule has 0 unspecified atom stereocenters. The molecule has 156 valence electrons. The molecule has 0 radical (unpaired) electrons. The van der Waals surface area contributed by atoms with Crippen LogP contribution in [0.1, 0.15) is 25.7 Å². The molecule has 1 atom stereocenters. The van der Waals surface area contributed by atoms with E-state index in [0.29, 0.717) is 25.7 Å². The van der Waals surface area contributed by atoms with Crippen LogP contribution in [0.25, 0.3) is 0 Å². The molecule has 2 fully saturated rings. The van der Waals surface area contributed by atoms with E-state index in [0.717, 1.165) is 37.8 Å². The number of aliphatic hydroxyl groups is 1. The van der Waals surface area contributed by atoms with Gasteiger partial charge in [0.05, 0.1) is 6.54 Å². The molecular weight excluding hydrogens is 370 g/mol. The van der Waals surface area contributed by atoms with Crippen molar-refractivity contribution in [3.8, 4) is 5.75 Å². The first-order valence-corrected chi connectivity index (χ1v) is 9.71. The monoisotopic (exact) mass is 398 g/mol. The maximum absolute atomic E-state index is 13.4. The Morgan fingerprint density at radius 1 is 1.21 bits per heavy atom. The van der Waals surface area contributed by atoms with Gasteiger partial charge >= 0.3 is 0 Å². The molecule has 1 saturated carbocycles. The lowest BCUT2D eigenvalue weighted by molar-refractivity contribution is -0.138. The summed E-state index contributed by atoms with van der Waals surface area (Å²) in [7, 11) is 1.46. The fraction of sp³-hybridized carbons (Fsp3) is 0.650. The van der Waals surface area contributed by atoms with Gasteiger partial charge in [0.15, 0.2) is 11.6 Å². The van der Waals surface area contributed by atoms with Crippen LogP contribution in [0.3, 0.4) is 0 Å². The smallest absolute Gasteiger partial charge is 0.248 e. The van der Waals surface area contributed by atoms with Crippen LogP contribution < -0.4 is 4.74 Å². The Morgan fingerprint density at radius 3 is 2.64 bits per heavy atom. The SMILES string of the molecule is COCC(=O)N1CCN(C2CCCC2)C[C@](O)(COc2ccc(F)c(F)c2)C1. The molecule has 0 spiro atoms. The summed E-state index contributed by atoms with van der Waals surface area (Å²) in [5.41, 5.74) is -1.33. The van der Waals surface area contributed by atoms with Crippen molar-refractivity contribution in [3.63, 3.8) is 0 Å². The van der Waals surface area contributed by atoms with Gasteiger partial charge in [0.1, 0.15) is 24.6 Å². The molecule has 1 N–H and O–H groups in total. The van der Waals surface area contributed by atoms with Crippen molar-refractivity contribution >= 4 is 5.91 Å². The third kappa shape index (κ3) is 5.18. The number of benzene rings is 1. The molecule has 3 rings (SSSR count). The molecule has 1 aromatic carbocycles. The minimum Gasteiger partial charge on any atom is -0.490 e. The summed E-state index contributed by atoms with van der Waals surface area (Å²) in [6.45, 7) is 1.46. The van der Waals surface area contributed by atoms with E-state index >= 15 is 0 Å². The van der Waals surface area contributed by atoms with E-state index in [1.807, 2.05) is 0 Å². The number of carbonyl (C=O) groups excluding carboxylic acids is 1. The molecule has 1 saturated heterocycles. The van der Waals surface area contributed by atoms with Crippen LogP contribution in [-0.4, -0.2) is 79.0 Å². The van der Waals surface area contributed by atoms with Crippen molar-refractivity contribution < 1.29 is 28.2 Å². The first-order valence-electron chi connectivity index (χ1n) is 9.71. The Hall–Kier alpha value is -1.77. The number of hydrogen-bond donors (Lipinski definition) is 1. The van der Waals surface area contributed by atoms with Crippen LogP contribution in [-0.2, 0) is 9.53 Å². The van der Waals surface area contributed by atoms with Crippen LogP contribution in [0.4, 0.5) is 8.78 Å². The second-order valence-electron chi connectivity index (χ2n) is 7.75. The van der Waals surface area contributed by atoms with Gasteiger partial charge in [0.2, 0.25) is 5.91 Å². The third-order valence-electron chi connectivity index (χ3n) is 5.50. The molecule has 1 aromatic rings. The third-order valence-corrected chi connectivity index (χ3v) is 5.50. The second kappa shape index (κ2) is 9.15. The zero-order valence-electron chi connectivity index (χ0n) is 16.2. The maximum atomic E-state index is 13.4. The van der Waals surface area contributed by atoms with Gasteiger partial charge in [-0.1, -0.05) is 12.8 Å². The fourth-order valence-corrected chi connectivity index (χ4v) is 4.07. The summed E-state index contributed by atoms with van der Waals surface area (Å²) in [6.07, 6.45) is 4.48. The summed E-state index contributed by atoms with van der Waals surface area (Å²) >= 11 is 0. The first kappa shape index (κ1) is 21.0. The Kier molecular flexibility index (Phi) is 6.85. The summed E-state index contributed by atoms with van der Waals surface area (Å²) in [5.74, 6) is -2.01. The number of carbonyl (C=O) groups is 1. The molecule has 6 nitrogen and oxygen atoms in total. The molecule has 28 heavy (non-hydrogen) atoms. The predicted molar refractivity (Wildman–Crippen MR) is 99.1 cm³/mol. The van der Waals surface area contributed by atoms with E-state index < -0.39 is 17.2 Å². The minimum absolute atomic E-state index is 0.0520. The second-order valence-corrected chi connectivity index (χ2v) is 7.75. The van der Waals surface area contributed by atoms with Gasteiger partial charge < -0.3 is 19.5 Å². The largest absolute Gasteiger partial charge is 0.490 e. The van der Waals surface area contributed by atoms with Crippen LogP contribution in [0, 0.1) is 11.6 Å². The Labute approximate surface area is 164 Å². The first-order chi connectivity index (χ1) is 13.4. The maximum Gasteiger partial charge on any atom is 0.248 e. The van der Waals surface area contributed by atoms with Gasteiger partial charge in [-0.3, -0.25) is 9.69 Å². The number of β-amino-alcohol motifs (C(OH)–C–C–N with tert-alkyl or cyclic N) is 1. The van der Waals surface area contributed by atoms with Gasteiger partial charge in [0.25, 0.3) is 0 Å². The van der Waals surface area contributed by atoms with Gasteiger partial charge in [-0.15, -0.1) is 0 Å². The van der Waals surface area contributed by atoms with E-state index in [1.165, 1.54) is 13.2 Å². The highest BCUT2D eigenvalue weighted by Gasteiger charge is 2.39. The summed E-state index contributed by atoms with van der Waals surface area (Å²) in [5, 5.41) is 11.3. The van der Waals surface area contributed by atoms with Gasteiger partial charge in [-0.25, -0.2) is 8.78 Å². The van der Waals surface area contributed by atoms with Crippen molar-refractivity contribution in [3.05, 3.63) is 29.8 Å². The van der Waals surface area contributed by atoms with Crippen LogP contribution in [0.15, 0.2) is 18.2 Å². The van der Waals surface area contributed by atoms with Crippen molar-refractivity contribution in [2.75, 3.05) is 46.5 Å². The average molecular weight is 398 g/mol. The molecule has 0 bridgehead atoms. The van der Waals surface area contributed by atoms with Crippen molar-refractivity contribution in [1.82, 2.24) is 9.80 Å². The van der Waals surface area contributed by atoms with Crippen LogP contribution >= 0.6 is 0 Å². The van der Waals surface area contributed by atoms with Crippen LogP contribution in [0.5, 0.6) is 5.75 Å². The van der Waals surface area contributed by atoms with E-state index in [1.54, 1.807) is 4.90 Å². The summed E-state index contributed by atoms with van der Waals surface area (Å²) in [4.78, 5) is 16.2. The summed E-state index contributed by atoms with van der Waals surface area (Å²) in [6, 6.07) is 3.65. The number of halogens is 2. The number of nitrogens with zero attached hydrogens (tertiary/aromatic N) is 2. The Morgan fingerprint density at radius 2 is 1.96 bits per heavy atom. The molecule has 1 aliphatic carbocycles. The lowest BCUT2D eigenvalue weighted by Crippen LogP contribution is -2.53. The normalized spacial score (nSPS) is 24.4. The molecule has 8 heteroatoms. The highest BCUT2D eigenvalue weighted by atomic mass is 19.2. The topological polar surface area (TPSA) is 62.2 Å². The molecule has 2 aliphatic rings.